The van der Waals surface area contributed by atoms with Crippen LogP contribution in [0.3, 0.4) is 0 Å². The molecule has 2 aromatic heterocycles. The smallest absolute Gasteiger partial charge is 0.252 e. The van der Waals surface area contributed by atoms with Gasteiger partial charge in [-0.15, -0.1) is 0 Å². The molecule has 35 heavy (non-hydrogen) atoms. The zero-order valence-electron chi connectivity index (χ0n) is 19.5. The molecule has 1 saturated heterocycles. The molecule has 2 fully saturated rings. The maximum absolute atomic E-state index is 12.7. The lowest BCUT2D eigenvalue weighted by molar-refractivity contribution is 0.0940. The predicted octanol–water partition coefficient (Wildman–Crippen LogP) is 2.91. The van der Waals surface area contributed by atoms with Crippen molar-refractivity contribution in [1.29, 1.82) is 10.5 Å². The van der Waals surface area contributed by atoms with E-state index < -0.39 is 5.54 Å². The van der Waals surface area contributed by atoms with E-state index >= 15 is 0 Å². The molecule has 2 unspecified atom stereocenters. The number of nitriles is 2. The number of hydrogen-bond donors (Lipinski definition) is 2. The molecule has 1 aromatic carbocycles. The van der Waals surface area contributed by atoms with E-state index in [1.807, 2.05) is 31.3 Å². The van der Waals surface area contributed by atoms with Crippen LogP contribution in [0.5, 0.6) is 0 Å². The molecule has 1 amide bonds. The van der Waals surface area contributed by atoms with Gasteiger partial charge in [0.15, 0.2) is 0 Å². The van der Waals surface area contributed by atoms with Crippen molar-refractivity contribution in [3.05, 3.63) is 77.2 Å². The van der Waals surface area contributed by atoms with Gasteiger partial charge >= 0.3 is 0 Å². The molecule has 3 heterocycles. The average Bonchev–Trinajstić information content (AvgIpc) is 3.63. The Morgan fingerprint density at radius 2 is 1.94 bits per heavy atom. The number of aryl methyl sites for hydroxylation is 1. The number of nitrogens with one attached hydrogen (secondary N) is 2. The number of piperazine rings is 1. The van der Waals surface area contributed by atoms with E-state index in [0.717, 1.165) is 54.3 Å². The molecule has 1 saturated carbocycles. The van der Waals surface area contributed by atoms with E-state index in [1.165, 1.54) is 0 Å². The van der Waals surface area contributed by atoms with Gasteiger partial charge in [-0.05, 0) is 48.2 Å². The minimum atomic E-state index is -0.935. The second-order valence-corrected chi connectivity index (χ2v) is 9.05. The summed E-state index contributed by atoms with van der Waals surface area (Å²) in [5.41, 5.74) is 3.96. The highest BCUT2D eigenvalue weighted by Crippen LogP contribution is 2.52. The van der Waals surface area contributed by atoms with Gasteiger partial charge in [-0.3, -0.25) is 9.78 Å². The normalized spacial score (nSPS) is 21.0. The van der Waals surface area contributed by atoms with E-state index in [-0.39, 0.29) is 11.8 Å². The first kappa shape index (κ1) is 22.5. The van der Waals surface area contributed by atoms with Crippen LogP contribution in [0.2, 0.25) is 0 Å². The van der Waals surface area contributed by atoms with Gasteiger partial charge < -0.3 is 15.5 Å². The number of aromatic nitrogens is 2. The first-order chi connectivity index (χ1) is 17.0. The van der Waals surface area contributed by atoms with Crippen molar-refractivity contribution in [3.8, 4) is 23.3 Å². The van der Waals surface area contributed by atoms with Crippen molar-refractivity contribution in [2.24, 2.45) is 0 Å². The fourth-order valence-electron chi connectivity index (χ4n) is 4.72. The number of nitrogens with zero attached hydrogens (tertiary/aromatic N) is 5. The number of pyridine rings is 2. The van der Waals surface area contributed by atoms with Crippen LogP contribution in [0.1, 0.15) is 39.4 Å². The van der Waals surface area contributed by atoms with Gasteiger partial charge in [-0.25, -0.2) is 4.98 Å². The highest BCUT2D eigenvalue weighted by molar-refractivity contribution is 5.95. The minimum absolute atomic E-state index is 0.110. The number of carbonyl (C=O) groups excluding carboxylic acids is 1. The third-order valence-electron chi connectivity index (χ3n) is 6.82. The summed E-state index contributed by atoms with van der Waals surface area (Å²) >= 11 is 0. The molecule has 3 aromatic rings. The molecule has 174 valence electrons. The van der Waals surface area contributed by atoms with Crippen molar-refractivity contribution in [2.45, 2.75) is 24.8 Å². The largest absolute Gasteiger partial charge is 0.353 e. The van der Waals surface area contributed by atoms with Crippen LogP contribution in [0, 0.1) is 29.6 Å². The Morgan fingerprint density at radius 3 is 2.66 bits per heavy atom. The molecule has 5 rings (SSSR count). The molecular formula is C27H25N7O. The Balaban J connectivity index is 1.41. The summed E-state index contributed by atoms with van der Waals surface area (Å²) in [6.07, 6.45) is 5.48. The summed E-state index contributed by atoms with van der Waals surface area (Å²) in [6, 6.07) is 15.9. The lowest BCUT2D eigenvalue weighted by Gasteiger charge is -2.29. The number of rotatable bonds is 5. The number of benzene rings is 1. The summed E-state index contributed by atoms with van der Waals surface area (Å²) in [5.74, 6) is 0.326. The Kier molecular flexibility index (Phi) is 5.90. The van der Waals surface area contributed by atoms with Gasteiger partial charge in [0.25, 0.3) is 5.91 Å². The highest BCUT2D eigenvalue weighted by atomic mass is 16.1. The quantitative estimate of drug-likeness (QED) is 0.597. The molecule has 0 spiro atoms. The van der Waals surface area contributed by atoms with Crippen LogP contribution in [0.15, 0.2) is 55.0 Å². The molecule has 1 aliphatic carbocycles. The molecule has 8 heteroatoms. The third-order valence-corrected chi connectivity index (χ3v) is 6.82. The van der Waals surface area contributed by atoms with Crippen LogP contribution in [0.4, 0.5) is 5.82 Å². The number of amides is 1. The SMILES string of the molecule is Cc1ccc(C2CC2(C#N)NC(=O)c2ccncc2)cc1-c1cnc(N2CCNCC2)c(C#N)c1. The predicted molar refractivity (Wildman–Crippen MR) is 132 cm³/mol. The van der Waals surface area contributed by atoms with Gasteiger partial charge in [0.2, 0.25) is 0 Å². The van der Waals surface area contributed by atoms with Crippen molar-refractivity contribution < 1.29 is 4.79 Å². The van der Waals surface area contributed by atoms with E-state index in [9.17, 15) is 15.3 Å². The standard InChI is InChI=1S/C27H25N7O/c1-18-2-3-20(24-14-27(24,17-29)33-26(35)19-4-6-30-7-5-19)13-23(18)22-12-21(15-28)25(32-16-22)34-10-8-31-9-11-34/h2-7,12-13,16,24,31H,8-11,14H2,1H3,(H,33,35). The van der Waals surface area contributed by atoms with Gasteiger partial charge in [0.05, 0.1) is 11.6 Å². The van der Waals surface area contributed by atoms with Crippen molar-refractivity contribution in [2.75, 3.05) is 31.1 Å². The van der Waals surface area contributed by atoms with Crippen LogP contribution in [-0.2, 0) is 0 Å². The van der Waals surface area contributed by atoms with Gasteiger partial charge in [-0.1, -0.05) is 18.2 Å². The van der Waals surface area contributed by atoms with E-state index in [1.54, 1.807) is 24.5 Å². The zero-order valence-corrected chi connectivity index (χ0v) is 19.5. The maximum Gasteiger partial charge on any atom is 0.252 e. The molecular weight excluding hydrogens is 438 g/mol. The monoisotopic (exact) mass is 463 g/mol. The summed E-state index contributed by atoms with van der Waals surface area (Å²) in [5, 5.41) is 26.0. The summed E-state index contributed by atoms with van der Waals surface area (Å²) in [4.78, 5) is 23.4. The Hall–Kier alpha value is -4.27. The fourth-order valence-corrected chi connectivity index (χ4v) is 4.72. The van der Waals surface area contributed by atoms with Crippen LogP contribution >= 0.6 is 0 Å². The molecule has 0 radical (unpaired) electrons. The molecule has 8 nitrogen and oxygen atoms in total. The van der Waals surface area contributed by atoms with E-state index in [4.69, 9.17) is 0 Å². The second kappa shape index (κ2) is 9.17. The van der Waals surface area contributed by atoms with Crippen LogP contribution < -0.4 is 15.5 Å². The second-order valence-electron chi connectivity index (χ2n) is 9.05. The van der Waals surface area contributed by atoms with Crippen molar-refractivity contribution in [3.63, 3.8) is 0 Å². The van der Waals surface area contributed by atoms with E-state index in [2.05, 4.69) is 43.7 Å². The molecule has 2 N–H and O–H groups in total. The zero-order chi connectivity index (χ0) is 24.4. The molecule has 1 aliphatic heterocycles. The van der Waals surface area contributed by atoms with Gasteiger partial charge in [0, 0.05) is 61.8 Å². The summed E-state index contributed by atoms with van der Waals surface area (Å²) < 4.78 is 0. The minimum Gasteiger partial charge on any atom is -0.353 e. The topological polar surface area (TPSA) is 118 Å². The van der Waals surface area contributed by atoms with Crippen molar-refractivity contribution in [1.82, 2.24) is 20.6 Å². The lowest BCUT2D eigenvalue weighted by Crippen LogP contribution is -2.44. The maximum atomic E-state index is 12.7. The van der Waals surface area contributed by atoms with Gasteiger partial charge in [-0.2, -0.15) is 10.5 Å². The first-order valence-corrected chi connectivity index (χ1v) is 11.6. The Morgan fingerprint density at radius 1 is 1.17 bits per heavy atom. The highest BCUT2D eigenvalue weighted by Gasteiger charge is 2.57. The average molecular weight is 464 g/mol. The lowest BCUT2D eigenvalue weighted by atomic mass is 9.95. The Bertz CT molecular complexity index is 1350. The third kappa shape index (κ3) is 4.32. The molecule has 0 bridgehead atoms. The Labute approximate surface area is 204 Å². The number of carbonyl (C=O) groups is 1. The van der Waals surface area contributed by atoms with Crippen LogP contribution in [-0.4, -0.2) is 47.6 Å². The number of hydrogen-bond acceptors (Lipinski definition) is 7. The fraction of sp³-hybridized carbons (Fsp3) is 0.296. The van der Waals surface area contributed by atoms with Crippen molar-refractivity contribution >= 4 is 11.7 Å². The molecule has 2 aliphatic rings. The summed E-state index contributed by atoms with van der Waals surface area (Å²) in [6.45, 7) is 5.40. The van der Waals surface area contributed by atoms with E-state index in [0.29, 0.717) is 17.5 Å². The first-order valence-electron chi connectivity index (χ1n) is 11.6. The summed E-state index contributed by atoms with van der Waals surface area (Å²) in [7, 11) is 0. The molecule has 2 atom stereocenters. The van der Waals surface area contributed by atoms with Gasteiger partial charge in [0.1, 0.15) is 17.4 Å². The number of anilines is 1. The van der Waals surface area contributed by atoms with Crippen LogP contribution in [0.25, 0.3) is 11.1 Å².